The molecule has 3 aromatic rings. The number of carbonyl (C=O) groups is 1. The fraction of sp³-hybridized carbons (Fsp3) is 0.148. The number of Topliss-reactive ketones (excluding diaryl/α,β-unsaturated/α-hetero) is 1. The summed E-state index contributed by atoms with van der Waals surface area (Å²) in [6, 6.07) is 25.6. The quantitative estimate of drug-likeness (QED) is 0.281. The molecular weight excluding hydrogens is 545 g/mol. The minimum Gasteiger partial charge on any atom is -0.351 e. The Morgan fingerprint density at radius 3 is 2.39 bits per heavy atom. The number of halogens is 2. The molecule has 2 aliphatic rings. The van der Waals surface area contributed by atoms with Gasteiger partial charge in [0.05, 0.1) is 18.2 Å². The Kier molecular flexibility index (Phi) is 5.48. The molecule has 4 nitrogen and oxygen atoms in total. The maximum atomic E-state index is 14.1. The number of carbonyl (C=O) groups excluding carboxylic acids is 1. The summed E-state index contributed by atoms with van der Waals surface area (Å²) in [5.41, 5.74) is 1.58. The van der Waals surface area contributed by atoms with Crippen LogP contribution in [-0.2, 0) is 0 Å². The smallest absolute Gasteiger partial charge is 0.185 e. The molecule has 3 aromatic carbocycles. The number of fused-ring (bicyclic) bond motifs is 3. The maximum absolute atomic E-state index is 14.1. The zero-order valence-corrected chi connectivity index (χ0v) is 20.2. The van der Waals surface area contributed by atoms with Gasteiger partial charge in [0.25, 0.3) is 0 Å². The minimum atomic E-state index is -1.45. The van der Waals surface area contributed by atoms with E-state index >= 15 is 0 Å². The van der Waals surface area contributed by atoms with Crippen LogP contribution in [0, 0.1) is 31.6 Å². The van der Waals surface area contributed by atoms with E-state index in [2.05, 4.69) is 34.7 Å². The van der Waals surface area contributed by atoms with Crippen LogP contribution in [0.2, 0.25) is 5.02 Å². The summed E-state index contributed by atoms with van der Waals surface area (Å²) >= 11 is 8.47. The van der Waals surface area contributed by atoms with Crippen molar-refractivity contribution in [1.29, 1.82) is 10.5 Å². The third-order valence-corrected chi connectivity index (χ3v) is 7.75. The Labute approximate surface area is 210 Å². The van der Waals surface area contributed by atoms with Crippen molar-refractivity contribution < 1.29 is 4.79 Å². The van der Waals surface area contributed by atoms with E-state index in [0.29, 0.717) is 10.6 Å². The highest BCUT2D eigenvalue weighted by atomic mass is 127. The normalized spacial score (nSPS) is 22.1. The van der Waals surface area contributed by atoms with Gasteiger partial charge in [-0.1, -0.05) is 72.3 Å². The van der Waals surface area contributed by atoms with Crippen molar-refractivity contribution in [2.24, 2.45) is 5.41 Å². The molecule has 6 heteroatoms. The van der Waals surface area contributed by atoms with Crippen molar-refractivity contribution in [2.75, 3.05) is 4.90 Å². The number of rotatable bonds is 3. The third kappa shape index (κ3) is 3.27. The molecule has 1 saturated heterocycles. The fourth-order valence-corrected chi connectivity index (χ4v) is 6.01. The molecule has 2 aliphatic heterocycles. The van der Waals surface area contributed by atoms with E-state index in [0.717, 1.165) is 20.4 Å². The van der Waals surface area contributed by atoms with Crippen LogP contribution in [0.15, 0.2) is 78.9 Å². The Hall–Kier alpha value is -3.13. The van der Waals surface area contributed by atoms with Crippen LogP contribution in [-0.4, -0.2) is 17.9 Å². The van der Waals surface area contributed by atoms with Crippen LogP contribution < -0.4 is 4.90 Å². The van der Waals surface area contributed by atoms with E-state index in [4.69, 9.17) is 11.6 Å². The zero-order chi connectivity index (χ0) is 23.2. The summed E-state index contributed by atoms with van der Waals surface area (Å²) < 4.78 is 0.918. The number of nitrogens with zero attached hydrogens (tertiary/aromatic N) is 3. The van der Waals surface area contributed by atoms with Crippen LogP contribution in [0.25, 0.3) is 6.08 Å². The second kappa shape index (κ2) is 8.33. The Morgan fingerprint density at radius 2 is 1.70 bits per heavy atom. The standard InChI is InChI=1S/C27H17ClIN3O/c28-19-11-12-22-18(14-19)10-13-23-27(15-30,16-31)24(20-8-4-5-9-21(20)29)25(32(22)23)26(33)17-6-2-1-3-7-17/h1-14,23-25H/t23-,24-,25+/m1/s1. The molecule has 33 heavy (non-hydrogen) atoms. The van der Waals surface area contributed by atoms with Crippen molar-refractivity contribution in [2.45, 2.75) is 18.0 Å². The number of hydrogen-bond acceptors (Lipinski definition) is 4. The van der Waals surface area contributed by atoms with Crippen LogP contribution >= 0.6 is 34.2 Å². The molecule has 2 heterocycles. The monoisotopic (exact) mass is 561 g/mol. The van der Waals surface area contributed by atoms with Gasteiger partial charge in [-0.2, -0.15) is 10.5 Å². The van der Waals surface area contributed by atoms with Gasteiger partial charge in [0.15, 0.2) is 11.2 Å². The second-order valence-corrected chi connectivity index (χ2v) is 9.78. The number of nitriles is 2. The Bertz CT molecular complexity index is 1360. The summed E-state index contributed by atoms with van der Waals surface area (Å²) in [6.45, 7) is 0. The van der Waals surface area contributed by atoms with Gasteiger partial charge in [-0.15, -0.1) is 0 Å². The van der Waals surface area contributed by atoms with Gasteiger partial charge in [0, 0.05) is 25.8 Å². The van der Waals surface area contributed by atoms with Gasteiger partial charge < -0.3 is 4.90 Å². The fourth-order valence-electron chi connectivity index (χ4n) is 5.11. The molecule has 0 saturated carbocycles. The maximum Gasteiger partial charge on any atom is 0.185 e. The first-order chi connectivity index (χ1) is 16.0. The van der Waals surface area contributed by atoms with Gasteiger partial charge in [0.2, 0.25) is 0 Å². The predicted octanol–water partition coefficient (Wildman–Crippen LogP) is 6.23. The largest absolute Gasteiger partial charge is 0.351 e. The highest BCUT2D eigenvalue weighted by molar-refractivity contribution is 14.1. The summed E-state index contributed by atoms with van der Waals surface area (Å²) in [5.74, 6) is -0.765. The highest BCUT2D eigenvalue weighted by Gasteiger charge is 2.63. The van der Waals surface area contributed by atoms with E-state index in [9.17, 15) is 15.3 Å². The summed E-state index contributed by atoms with van der Waals surface area (Å²) in [4.78, 5) is 16.0. The van der Waals surface area contributed by atoms with Crippen LogP contribution in [0.3, 0.4) is 0 Å². The zero-order valence-electron chi connectivity index (χ0n) is 17.3. The van der Waals surface area contributed by atoms with E-state index in [1.165, 1.54) is 0 Å². The molecule has 160 valence electrons. The van der Waals surface area contributed by atoms with Crippen LogP contribution in [0.5, 0.6) is 0 Å². The Morgan fingerprint density at radius 1 is 1.00 bits per heavy atom. The van der Waals surface area contributed by atoms with Gasteiger partial charge in [-0.05, 0) is 58.0 Å². The SMILES string of the molecule is N#CC1(C#N)[C@H](c2ccccc2I)[C@@H](C(=O)c2ccccc2)N2c3ccc(Cl)cc3C=C[C@@H]21. The molecule has 0 amide bonds. The average molecular weight is 562 g/mol. The van der Waals surface area contributed by atoms with E-state index in [1.807, 2.05) is 71.6 Å². The second-order valence-electron chi connectivity index (χ2n) is 8.18. The molecule has 5 rings (SSSR count). The van der Waals surface area contributed by atoms with Gasteiger partial charge in [0.1, 0.15) is 6.04 Å². The molecule has 0 unspecified atom stereocenters. The summed E-state index contributed by atoms with van der Waals surface area (Å²) in [5, 5.41) is 21.5. The lowest BCUT2D eigenvalue weighted by molar-refractivity contribution is 0.0951. The Balaban J connectivity index is 1.81. The highest BCUT2D eigenvalue weighted by Crippen LogP contribution is 2.56. The molecule has 0 N–H and O–H groups in total. The first-order valence-electron chi connectivity index (χ1n) is 10.4. The minimum absolute atomic E-state index is 0.117. The van der Waals surface area contributed by atoms with Crippen molar-refractivity contribution >= 4 is 51.7 Å². The first kappa shape index (κ1) is 21.7. The van der Waals surface area contributed by atoms with E-state index < -0.39 is 23.4 Å². The number of benzene rings is 3. The average Bonchev–Trinajstić information content (AvgIpc) is 3.14. The number of ketones is 1. The lowest BCUT2D eigenvalue weighted by Crippen LogP contribution is -2.44. The third-order valence-electron chi connectivity index (χ3n) is 6.54. The molecule has 1 fully saturated rings. The molecule has 0 aliphatic carbocycles. The molecule has 0 bridgehead atoms. The number of hydrogen-bond donors (Lipinski definition) is 0. The summed E-state index contributed by atoms with van der Waals surface area (Å²) in [7, 11) is 0. The molecular formula is C27H17ClIN3O. The first-order valence-corrected chi connectivity index (χ1v) is 11.9. The predicted molar refractivity (Wildman–Crippen MR) is 137 cm³/mol. The molecule has 3 atom stereocenters. The topological polar surface area (TPSA) is 67.9 Å². The van der Waals surface area contributed by atoms with E-state index in [-0.39, 0.29) is 5.78 Å². The molecule has 0 spiro atoms. The molecule has 0 radical (unpaired) electrons. The van der Waals surface area contributed by atoms with Gasteiger partial charge >= 0.3 is 0 Å². The van der Waals surface area contributed by atoms with Crippen molar-refractivity contribution in [1.82, 2.24) is 0 Å². The number of anilines is 1. The van der Waals surface area contributed by atoms with Crippen molar-refractivity contribution in [3.8, 4) is 12.1 Å². The van der Waals surface area contributed by atoms with Crippen molar-refractivity contribution in [3.63, 3.8) is 0 Å². The van der Waals surface area contributed by atoms with Crippen LogP contribution in [0.4, 0.5) is 5.69 Å². The molecule has 0 aromatic heterocycles. The lowest BCUT2D eigenvalue weighted by atomic mass is 9.69. The lowest BCUT2D eigenvalue weighted by Gasteiger charge is -2.35. The van der Waals surface area contributed by atoms with Crippen LogP contribution in [0.1, 0.15) is 27.4 Å². The summed E-state index contributed by atoms with van der Waals surface area (Å²) in [6.07, 6.45) is 3.76. The van der Waals surface area contributed by atoms with Crippen molar-refractivity contribution in [3.05, 3.63) is 104 Å². The van der Waals surface area contributed by atoms with E-state index in [1.54, 1.807) is 18.2 Å². The van der Waals surface area contributed by atoms with Gasteiger partial charge in [-0.3, -0.25) is 4.79 Å². The van der Waals surface area contributed by atoms with Gasteiger partial charge in [-0.25, -0.2) is 0 Å².